The Balaban J connectivity index is 1.22. The molecule has 0 fully saturated rings. The van der Waals surface area contributed by atoms with Crippen LogP contribution in [0.5, 0.6) is 28.9 Å². The van der Waals surface area contributed by atoms with Crippen LogP contribution in [0.25, 0.3) is 43.2 Å². The zero-order chi connectivity index (χ0) is 48.8. The number of fused-ring (bicyclic) bond motifs is 1. The van der Waals surface area contributed by atoms with Gasteiger partial charge in [0.25, 0.3) is 0 Å². The smallest absolute Gasteiger partial charge is 0.347 e. The van der Waals surface area contributed by atoms with E-state index in [9.17, 15) is 19.4 Å². The Morgan fingerprint density at radius 3 is 2.40 bits per heavy atom. The first-order valence-corrected chi connectivity index (χ1v) is 26.1. The molecule has 0 spiro atoms. The number of hydrogen-bond donors (Lipinski definition) is 2. The number of aromatic hydroxyl groups is 1. The van der Waals surface area contributed by atoms with Gasteiger partial charge < -0.3 is 38.3 Å². The third kappa shape index (κ3) is 11.4. The number of methoxy groups -OCH3 is 1. The highest BCUT2D eigenvalue weighted by Gasteiger charge is 2.37. The van der Waals surface area contributed by atoms with Crippen molar-refractivity contribution in [3.63, 3.8) is 0 Å². The number of carbonyl (C=O) groups is 1. The van der Waals surface area contributed by atoms with Crippen molar-refractivity contribution in [3.05, 3.63) is 125 Å². The second-order valence-electron chi connectivity index (χ2n) is 17.5. The van der Waals surface area contributed by atoms with E-state index in [0.29, 0.717) is 82.3 Å². The van der Waals surface area contributed by atoms with Gasteiger partial charge in [0.15, 0.2) is 14.1 Å². The van der Waals surface area contributed by atoms with Gasteiger partial charge in [-0.15, -0.1) is 11.3 Å². The molecule has 3 aromatic heterocycles. The second kappa shape index (κ2) is 21.4. The minimum absolute atomic E-state index is 0.0212. The molecular weight excluding hydrogens is 927 g/mol. The molecule has 68 heavy (non-hydrogen) atoms. The van der Waals surface area contributed by atoms with Crippen LogP contribution in [0.4, 0.5) is 4.39 Å². The molecule has 2 atom stereocenters. The lowest BCUT2D eigenvalue weighted by atomic mass is 9.96. The number of phenolic OH excluding ortho intramolecular Hbond substituents is 1. The fourth-order valence-corrected chi connectivity index (χ4v) is 9.47. The SMILES string of the molecule is CCOC(=O)[C@@H](Cc1cc(O)ccc1OCc1ccnc(-c2ccccc2OC)n1)Oc1ncnc2sc(-c3ccc(F)cc3)c(-c3ccc(OC[C@H](O)CO[Si](C)(C)C(C)(C)C)c(Cl)c3C)c12. The Kier molecular flexibility index (Phi) is 15.7. The van der Waals surface area contributed by atoms with E-state index in [2.05, 4.69) is 48.8 Å². The predicted molar refractivity (Wildman–Crippen MR) is 264 cm³/mol. The Morgan fingerprint density at radius 1 is 0.912 bits per heavy atom. The van der Waals surface area contributed by atoms with Crippen LogP contribution in [0.2, 0.25) is 23.2 Å². The molecule has 7 rings (SSSR count). The zero-order valence-electron chi connectivity index (χ0n) is 39.1. The first-order chi connectivity index (χ1) is 32.5. The quantitative estimate of drug-likeness (QED) is 0.0581. The summed E-state index contributed by atoms with van der Waals surface area (Å²) in [7, 11) is -0.521. The van der Waals surface area contributed by atoms with Crippen molar-refractivity contribution in [2.75, 3.05) is 26.9 Å². The number of phenols is 1. The standard InChI is InChI=1S/C51H54ClFN4O9SSi/c1-9-62-50(60)42(25-32-24-35(58)18-20-39(32)63-26-34-22-23-54-47(57-34)38-12-10-11-13-40(38)61-6)66-48-44-43(46(67-49(44)56-29-55-48)31-14-16-33(53)17-15-31)37-19-21-41(45(52)30(37)2)64-27-36(59)28-65-68(7,8)51(3,4)5/h10-24,29,36,42,58-59H,9,25-28H2,1-8H3/t36-,42+/m0/s1. The third-order valence-corrected chi connectivity index (χ3v) is 17.9. The Labute approximate surface area is 405 Å². The molecule has 17 heteroatoms. The van der Waals surface area contributed by atoms with Crippen LogP contribution in [0.1, 0.15) is 44.5 Å². The fraction of sp³-hybridized carbons (Fsp3) is 0.314. The summed E-state index contributed by atoms with van der Waals surface area (Å²) >= 11 is 8.40. The minimum Gasteiger partial charge on any atom is -0.508 e. The number of nitrogens with zero attached hydrogens (tertiary/aromatic N) is 4. The average Bonchev–Trinajstić information content (AvgIpc) is 3.71. The lowest BCUT2D eigenvalue weighted by Gasteiger charge is -2.36. The molecule has 0 saturated heterocycles. The van der Waals surface area contributed by atoms with E-state index in [-0.39, 0.29) is 49.5 Å². The summed E-state index contributed by atoms with van der Waals surface area (Å²) in [5.41, 5.74) is 4.36. The van der Waals surface area contributed by atoms with Crippen molar-refractivity contribution in [1.29, 1.82) is 0 Å². The topological polar surface area (TPSA) is 164 Å². The summed E-state index contributed by atoms with van der Waals surface area (Å²) in [6.45, 7) is 14.4. The maximum atomic E-state index is 14.3. The number of thiophene rings is 1. The Hall–Kier alpha value is -6.17. The van der Waals surface area contributed by atoms with Crippen LogP contribution < -0.4 is 18.9 Å². The molecule has 0 aliphatic carbocycles. The molecule has 0 bridgehead atoms. The Bertz CT molecular complexity index is 2900. The third-order valence-electron chi connectivity index (χ3n) is 11.7. The van der Waals surface area contributed by atoms with Gasteiger partial charge in [0.05, 0.1) is 42.0 Å². The van der Waals surface area contributed by atoms with Crippen molar-refractivity contribution in [1.82, 2.24) is 19.9 Å². The first-order valence-electron chi connectivity index (χ1n) is 22.0. The monoisotopic (exact) mass is 980 g/mol. The zero-order valence-corrected chi connectivity index (χ0v) is 41.7. The highest BCUT2D eigenvalue weighted by molar-refractivity contribution is 7.22. The number of halogens is 2. The van der Waals surface area contributed by atoms with Crippen LogP contribution in [-0.4, -0.2) is 83.6 Å². The molecule has 0 radical (unpaired) electrons. The largest absolute Gasteiger partial charge is 0.508 e. The molecule has 4 aromatic carbocycles. The van der Waals surface area contributed by atoms with E-state index < -0.39 is 32.3 Å². The van der Waals surface area contributed by atoms with Gasteiger partial charge in [-0.2, -0.15) is 0 Å². The van der Waals surface area contributed by atoms with Gasteiger partial charge in [0, 0.05) is 28.6 Å². The van der Waals surface area contributed by atoms with Crippen molar-refractivity contribution in [3.8, 4) is 61.8 Å². The van der Waals surface area contributed by atoms with E-state index in [0.717, 1.165) is 0 Å². The van der Waals surface area contributed by atoms with Gasteiger partial charge in [-0.1, -0.05) is 62.7 Å². The number of rotatable bonds is 19. The number of ether oxygens (including phenoxy) is 5. The van der Waals surface area contributed by atoms with Gasteiger partial charge in [0.1, 0.15) is 59.3 Å². The van der Waals surface area contributed by atoms with Crippen molar-refractivity contribution in [2.24, 2.45) is 0 Å². The molecular formula is C51H54ClFN4O9SSi. The van der Waals surface area contributed by atoms with Crippen LogP contribution >= 0.6 is 22.9 Å². The lowest BCUT2D eigenvalue weighted by Crippen LogP contribution is -2.43. The molecule has 13 nitrogen and oxygen atoms in total. The number of aromatic nitrogens is 4. The van der Waals surface area contributed by atoms with Gasteiger partial charge in [-0.25, -0.2) is 29.1 Å². The van der Waals surface area contributed by atoms with Crippen LogP contribution in [0, 0.1) is 12.7 Å². The molecule has 0 unspecified atom stereocenters. The summed E-state index contributed by atoms with van der Waals surface area (Å²) in [6, 6.07) is 23.4. The highest BCUT2D eigenvalue weighted by Crippen LogP contribution is 2.50. The minimum atomic E-state index is -2.10. The van der Waals surface area contributed by atoms with E-state index in [1.165, 1.54) is 41.9 Å². The molecule has 0 aliphatic heterocycles. The van der Waals surface area contributed by atoms with Gasteiger partial charge in [-0.3, -0.25) is 0 Å². The van der Waals surface area contributed by atoms with E-state index in [4.69, 9.17) is 44.7 Å². The summed E-state index contributed by atoms with van der Waals surface area (Å²) in [5, 5.41) is 22.3. The van der Waals surface area contributed by atoms with Crippen LogP contribution in [0.3, 0.4) is 0 Å². The van der Waals surface area contributed by atoms with Crippen molar-refractivity contribution in [2.45, 2.75) is 78.0 Å². The number of aliphatic hydroxyl groups excluding tert-OH is 1. The number of para-hydroxylation sites is 1. The van der Waals surface area contributed by atoms with Gasteiger partial charge in [-0.05, 0) is 103 Å². The van der Waals surface area contributed by atoms with Gasteiger partial charge >= 0.3 is 5.97 Å². The van der Waals surface area contributed by atoms with E-state index >= 15 is 0 Å². The van der Waals surface area contributed by atoms with E-state index in [1.807, 2.05) is 37.3 Å². The number of hydrogen-bond acceptors (Lipinski definition) is 14. The number of aliphatic hydroxyl groups is 1. The molecule has 0 amide bonds. The molecule has 0 saturated carbocycles. The molecule has 2 N–H and O–H groups in total. The first kappa shape index (κ1) is 49.7. The highest BCUT2D eigenvalue weighted by atomic mass is 35.5. The summed E-state index contributed by atoms with van der Waals surface area (Å²) in [5.74, 6) is 0.729. The van der Waals surface area contributed by atoms with Crippen molar-refractivity contribution < 1.29 is 47.5 Å². The second-order valence-corrected chi connectivity index (χ2v) is 23.7. The average molecular weight is 982 g/mol. The molecule has 0 aliphatic rings. The molecule has 3 heterocycles. The van der Waals surface area contributed by atoms with Gasteiger partial charge in [0.2, 0.25) is 12.0 Å². The van der Waals surface area contributed by atoms with E-state index in [1.54, 1.807) is 50.6 Å². The molecule has 7 aromatic rings. The fourth-order valence-electron chi connectivity index (χ4n) is 7.05. The van der Waals surface area contributed by atoms with Crippen LogP contribution in [-0.2, 0) is 27.0 Å². The number of esters is 1. The summed E-state index contributed by atoms with van der Waals surface area (Å²) < 4.78 is 50.6. The predicted octanol–water partition coefficient (Wildman–Crippen LogP) is 11.2. The number of carbonyl (C=O) groups excluding carboxylic acids is 1. The molecule has 356 valence electrons. The lowest BCUT2D eigenvalue weighted by molar-refractivity contribution is -0.151. The summed E-state index contributed by atoms with van der Waals surface area (Å²) in [6.07, 6.45) is 0.695. The van der Waals surface area contributed by atoms with Crippen molar-refractivity contribution >= 4 is 47.4 Å². The Morgan fingerprint density at radius 2 is 1.66 bits per heavy atom. The summed E-state index contributed by atoms with van der Waals surface area (Å²) in [4.78, 5) is 33.4. The normalized spacial score (nSPS) is 12.7. The number of benzene rings is 4. The maximum Gasteiger partial charge on any atom is 0.347 e. The van der Waals surface area contributed by atoms with Crippen LogP contribution in [0.15, 0.2) is 97.5 Å². The maximum absolute atomic E-state index is 14.3.